The molecule has 0 spiro atoms. The van der Waals surface area contributed by atoms with E-state index in [0.29, 0.717) is 50.0 Å². The fourth-order valence-corrected chi connectivity index (χ4v) is 6.91. The second kappa shape index (κ2) is 25.7. The number of nitrogens with zero attached hydrogens (tertiary/aromatic N) is 6. The predicted octanol–water partition coefficient (Wildman–Crippen LogP) is -0.109. The number of ether oxygens (including phenoxy) is 1. The van der Waals surface area contributed by atoms with E-state index in [1.54, 1.807) is 6.82 Å². The molecule has 1 saturated heterocycles. The van der Waals surface area contributed by atoms with Crippen LogP contribution >= 0.6 is 0 Å². The van der Waals surface area contributed by atoms with Gasteiger partial charge in [0.15, 0.2) is 17.4 Å². The molecular weight excluding hydrogens is 601 g/mol. The Morgan fingerprint density at radius 3 is 1.61 bits per heavy atom. The van der Waals surface area contributed by atoms with Gasteiger partial charge in [-0.05, 0) is 131 Å². The molecule has 0 amide bonds. The Labute approximate surface area is 297 Å². The zero-order chi connectivity index (χ0) is 32.3. The number of hydrogen-bond acceptors (Lipinski definition) is 10. The minimum absolute atomic E-state index is 0. The molecule has 5 fully saturated rings. The number of carbonyl (C=O) groups is 2. The molecule has 14 nitrogen and oxygen atoms in total. The number of esters is 2. The SMILES string of the molecule is CB(O)NC[C@H]1CC[C@@H](CN)C1.O=C1OC(=O)C2CCC1C2.OC[C@@H]1CC[C@H](CO)C1.[AlH3].[H-].[Li+].[N-]=[N+]=NC[C@H]1CC[C@@H](CN=[N+]=[N-])C1. The third-order valence-corrected chi connectivity index (χ3v) is 9.61. The van der Waals surface area contributed by atoms with Crippen molar-refractivity contribution < 1.29 is 49.9 Å². The number of aliphatic hydroxyl groups excluding tert-OH is 2. The Morgan fingerprint density at radius 2 is 1.22 bits per heavy atom. The molecule has 17 heteroatoms. The van der Waals surface area contributed by atoms with E-state index < -0.39 is 0 Å². The van der Waals surface area contributed by atoms with Gasteiger partial charge in [0.2, 0.25) is 0 Å². The number of fused-ring (bicyclic) bond motifs is 2. The van der Waals surface area contributed by atoms with E-state index in [0.717, 1.165) is 82.7 Å². The third kappa shape index (κ3) is 17.2. The van der Waals surface area contributed by atoms with Crippen LogP contribution in [-0.2, 0) is 14.3 Å². The summed E-state index contributed by atoms with van der Waals surface area (Å²) >= 11 is 0. The molecule has 0 aromatic rings. The van der Waals surface area contributed by atoms with Crippen LogP contribution in [0.15, 0.2) is 10.2 Å². The fourth-order valence-electron chi connectivity index (χ4n) is 6.91. The van der Waals surface area contributed by atoms with Crippen LogP contribution in [0.4, 0.5) is 0 Å². The third-order valence-electron chi connectivity index (χ3n) is 9.61. The molecule has 46 heavy (non-hydrogen) atoms. The molecule has 0 aromatic carbocycles. The first-order chi connectivity index (χ1) is 21.2. The van der Waals surface area contributed by atoms with Gasteiger partial charge in [-0.2, -0.15) is 0 Å². The van der Waals surface area contributed by atoms with Gasteiger partial charge in [-0.15, -0.1) is 0 Å². The number of cyclic esters (lactones) is 2. The maximum atomic E-state index is 10.8. The van der Waals surface area contributed by atoms with E-state index in [-0.39, 0.29) is 68.5 Å². The Morgan fingerprint density at radius 1 is 0.804 bits per heavy atom. The summed E-state index contributed by atoms with van der Waals surface area (Å²) in [7, 11) is -0.373. The van der Waals surface area contributed by atoms with E-state index in [9.17, 15) is 9.59 Å². The van der Waals surface area contributed by atoms with Crippen LogP contribution < -0.4 is 29.8 Å². The van der Waals surface area contributed by atoms with Crippen molar-refractivity contribution in [1.82, 2.24) is 5.23 Å². The second-order valence-corrected chi connectivity index (χ2v) is 13.1. The second-order valence-electron chi connectivity index (χ2n) is 13.1. The maximum Gasteiger partial charge on any atom is 1.00 e. The van der Waals surface area contributed by atoms with Crippen molar-refractivity contribution >= 4 is 36.4 Å². The number of rotatable bonds is 10. The van der Waals surface area contributed by atoms with Gasteiger partial charge in [-0.1, -0.05) is 23.1 Å². The van der Waals surface area contributed by atoms with Gasteiger partial charge in [0, 0.05) is 36.1 Å². The number of carbonyl (C=O) groups excluding carboxylic acids is 2. The first-order valence-corrected chi connectivity index (χ1v) is 16.3. The van der Waals surface area contributed by atoms with Crippen LogP contribution in [0.5, 0.6) is 0 Å². The van der Waals surface area contributed by atoms with Crippen LogP contribution in [0.25, 0.3) is 20.9 Å². The van der Waals surface area contributed by atoms with Crippen LogP contribution in [0.3, 0.4) is 0 Å². The molecule has 1 aliphatic heterocycles. The quantitative estimate of drug-likeness (QED) is 0.0529. The standard InChI is InChI=1S/C8H19BN2O.C7H12N6.C7H8O3.C7H14O2.Al.Li.4H/c1-9(12)11-6-8-3-2-7(4-8)5-10;8-12-10-4-6-1-2-7(3-6)5-11-13-9;8-6-4-1-2-5(3-4)7(9)10-6;8-4-6-1-2-7(3-6)5-9;;;;;;/h7-8,11-12H,2-6,10H2,1H3;6-7H,1-5H2;4-5H,1-3H2;6-9H,1-5H2;;;;;;/q;;;;;+1;;;;-1/t7-,8+;6-,7+;;6-,7+;;;;;;/m1........./s1. The van der Waals surface area contributed by atoms with E-state index in [4.69, 9.17) is 32.0 Å². The van der Waals surface area contributed by atoms with Gasteiger partial charge in [0.25, 0.3) is 0 Å². The Balaban J connectivity index is 0. The molecule has 2 bridgehead atoms. The van der Waals surface area contributed by atoms with Gasteiger partial charge < -0.3 is 32.4 Å². The summed E-state index contributed by atoms with van der Waals surface area (Å²) in [5, 5.41) is 36.5. The van der Waals surface area contributed by atoms with E-state index in [2.05, 4.69) is 30.0 Å². The molecule has 4 aliphatic carbocycles. The van der Waals surface area contributed by atoms with Crippen LogP contribution in [-0.4, -0.2) is 91.0 Å². The first-order valence-electron chi connectivity index (χ1n) is 16.3. The smallest absolute Gasteiger partial charge is 1.00 e. The summed E-state index contributed by atoms with van der Waals surface area (Å²) in [5.41, 5.74) is 21.8. The summed E-state index contributed by atoms with van der Waals surface area (Å²) in [6.45, 7) is 5.30. The number of aliphatic hydroxyl groups is 2. The maximum absolute atomic E-state index is 10.8. The first kappa shape index (κ1) is 44.8. The minimum Gasteiger partial charge on any atom is -1.00 e. The van der Waals surface area contributed by atoms with E-state index in [1.807, 2.05) is 0 Å². The monoisotopic (exact) mass is 658 g/mol. The van der Waals surface area contributed by atoms with Gasteiger partial charge >= 0.3 is 37.8 Å². The number of azide groups is 2. The van der Waals surface area contributed by atoms with Crippen molar-refractivity contribution in [2.45, 2.75) is 83.9 Å². The molecule has 256 valence electrons. The molecule has 0 radical (unpaired) electrons. The average Bonchev–Trinajstić information content (AvgIpc) is 3.85. The van der Waals surface area contributed by atoms with Gasteiger partial charge in [0.05, 0.1) is 11.8 Å². The van der Waals surface area contributed by atoms with Crippen molar-refractivity contribution in [3.05, 3.63) is 20.9 Å². The van der Waals surface area contributed by atoms with Crippen LogP contribution in [0.2, 0.25) is 6.82 Å². The van der Waals surface area contributed by atoms with Crippen LogP contribution in [0.1, 0.15) is 78.5 Å². The predicted molar refractivity (Wildman–Crippen MR) is 179 cm³/mol. The number of hydrogen-bond donors (Lipinski definition) is 5. The normalized spacial score (nSPS) is 30.2. The molecule has 2 unspecified atom stereocenters. The summed E-state index contributed by atoms with van der Waals surface area (Å²) in [6.07, 6.45) is 12.6. The molecular formula is C29H57AlBLiN8O6. The van der Waals surface area contributed by atoms with Crippen molar-refractivity contribution in [1.29, 1.82) is 0 Å². The van der Waals surface area contributed by atoms with Gasteiger partial charge in [-0.3, -0.25) is 9.59 Å². The fraction of sp³-hybridized carbons (Fsp3) is 0.931. The van der Waals surface area contributed by atoms with Crippen molar-refractivity contribution in [2.24, 2.45) is 63.3 Å². The largest absolute Gasteiger partial charge is 1.00 e. The van der Waals surface area contributed by atoms with Crippen molar-refractivity contribution in [3.63, 3.8) is 0 Å². The van der Waals surface area contributed by atoms with Gasteiger partial charge in [-0.25, -0.2) is 0 Å². The molecule has 5 aliphatic rings. The molecule has 0 aromatic heterocycles. The average molecular weight is 659 g/mol. The minimum atomic E-state index is -0.373. The summed E-state index contributed by atoms with van der Waals surface area (Å²) in [6, 6.07) is 0. The molecule has 5 rings (SSSR count). The number of nitrogens with two attached hydrogens (primary N) is 1. The Kier molecular flexibility index (Phi) is 25.0. The molecule has 8 atom stereocenters. The van der Waals surface area contributed by atoms with Crippen LogP contribution in [0, 0.1) is 47.3 Å². The molecule has 6 N–H and O–H groups in total. The summed E-state index contributed by atoms with van der Waals surface area (Å²) in [5.74, 6) is 2.84. The van der Waals surface area contributed by atoms with E-state index in [1.165, 1.54) is 19.3 Å². The number of nitrogens with one attached hydrogen (secondary N) is 1. The Hall–Kier alpha value is -1.25. The topological polar surface area (TPSA) is 240 Å². The molecule has 4 saturated carbocycles. The van der Waals surface area contributed by atoms with Crippen molar-refractivity contribution in [2.75, 3.05) is 39.4 Å². The summed E-state index contributed by atoms with van der Waals surface area (Å²) in [4.78, 5) is 27.1. The zero-order valence-electron chi connectivity index (χ0n) is 28.3. The van der Waals surface area contributed by atoms with Crippen molar-refractivity contribution in [3.8, 4) is 0 Å². The van der Waals surface area contributed by atoms with E-state index >= 15 is 0 Å². The Bertz CT molecular complexity index is 929. The summed E-state index contributed by atoms with van der Waals surface area (Å²) < 4.78 is 4.50. The molecule has 1 heterocycles. The zero-order valence-corrected chi connectivity index (χ0v) is 27.3. The van der Waals surface area contributed by atoms with Gasteiger partial charge in [0.1, 0.15) is 0 Å².